The van der Waals surface area contributed by atoms with Gasteiger partial charge < -0.3 is 0 Å². The predicted octanol–water partition coefficient (Wildman–Crippen LogP) is 9.40. The van der Waals surface area contributed by atoms with Gasteiger partial charge in [0.1, 0.15) is 0 Å². The molecule has 0 unspecified atom stereocenters. The summed E-state index contributed by atoms with van der Waals surface area (Å²) in [4.78, 5) is 4.94. The minimum Gasteiger partial charge on any atom is -0.256 e. The molecule has 2 bridgehead atoms. The van der Waals surface area contributed by atoms with Gasteiger partial charge in [0.25, 0.3) is 0 Å². The number of nitrogens with zero attached hydrogens (tertiary/aromatic N) is 1. The van der Waals surface area contributed by atoms with E-state index < -0.39 is 0 Å². The molecular formula is C27H40BrN. The van der Waals surface area contributed by atoms with Crippen LogP contribution in [0.3, 0.4) is 0 Å². The highest BCUT2D eigenvalue weighted by molar-refractivity contribution is 9.10. The summed E-state index contributed by atoms with van der Waals surface area (Å²) in [5.41, 5.74) is 7.24. The highest BCUT2D eigenvalue weighted by atomic mass is 79.9. The summed E-state index contributed by atoms with van der Waals surface area (Å²) in [5.74, 6) is 1.53. The molecule has 3 aliphatic rings. The van der Waals surface area contributed by atoms with E-state index in [4.69, 9.17) is 4.98 Å². The standard InChI is InChI=1S/C23H28BrN.2C2H6/c1-4-23(3,5-2)21-11-10-17(24)12-19(21)22-13-18-15-6-8-16(9-7-15)20(18)14-25-22;2*1-2/h10-16H,4-9H2,1-3H3;2*1-2H3. The van der Waals surface area contributed by atoms with E-state index in [-0.39, 0.29) is 5.41 Å². The zero-order valence-electron chi connectivity index (χ0n) is 19.6. The molecule has 0 amide bonds. The number of benzene rings is 1. The molecule has 0 aliphatic heterocycles. The molecule has 0 saturated heterocycles. The molecule has 1 nitrogen and oxygen atoms in total. The molecule has 160 valence electrons. The SMILES string of the molecule is CC.CC.CCC(C)(CC)c1ccc(Br)cc1-c1cc2c(cn1)C1CCC2CC1. The van der Waals surface area contributed by atoms with Crippen molar-refractivity contribution in [2.24, 2.45) is 0 Å². The van der Waals surface area contributed by atoms with Gasteiger partial charge in [-0.2, -0.15) is 0 Å². The molecule has 3 aliphatic carbocycles. The monoisotopic (exact) mass is 457 g/mol. The largest absolute Gasteiger partial charge is 0.256 e. The molecule has 0 radical (unpaired) electrons. The highest BCUT2D eigenvalue weighted by Crippen LogP contribution is 2.50. The van der Waals surface area contributed by atoms with Gasteiger partial charge in [0.15, 0.2) is 0 Å². The summed E-state index contributed by atoms with van der Waals surface area (Å²) >= 11 is 3.68. The van der Waals surface area contributed by atoms with Gasteiger partial charge >= 0.3 is 0 Å². The van der Waals surface area contributed by atoms with Gasteiger partial charge in [0.2, 0.25) is 0 Å². The molecule has 1 aromatic heterocycles. The van der Waals surface area contributed by atoms with Gasteiger partial charge in [-0.25, -0.2) is 0 Å². The summed E-state index contributed by atoms with van der Waals surface area (Å²) in [6.45, 7) is 15.0. The normalized spacial score (nSPS) is 19.4. The van der Waals surface area contributed by atoms with Crippen LogP contribution in [0.4, 0.5) is 0 Å². The van der Waals surface area contributed by atoms with Crippen LogP contribution in [0.15, 0.2) is 34.9 Å². The van der Waals surface area contributed by atoms with Crippen molar-refractivity contribution in [3.63, 3.8) is 0 Å². The first-order valence-corrected chi connectivity index (χ1v) is 12.6. The topological polar surface area (TPSA) is 12.9 Å². The van der Waals surface area contributed by atoms with E-state index in [2.05, 4.69) is 67.2 Å². The Kier molecular flexibility index (Phi) is 8.94. The third-order valence-corrected chi connectivity index (χ3v) is 7.54. The van der Waals surface area contributed by atoms with Crippen LogP contribution in [0, 0.1) is 0 Å². The van der Waals surface area contributed by atoms with Crippen LogP contribution in [0.2, 0.25) is 0 Å². The van der Waals surface area contributed by atoms with Crippen LogP contribution in [-0.4, -0.2) is 4.98 Å². The maximum atomic E-state index is 4.94. The number of rotatable bonds is 4. The van der Waals surface area contributed by atoms with Crippen molar-refractivity contribution in [1.29, 1.82) is 0 Å². The molecule has 1 heterocycles. The van der Waals surface area contributed by atoms with Crippen LogP contribution in [-0.2, 0) is 5.41 Å². The fraction of sp³-hybridized carbons (Fsp3) is 0.593. The minimum atomic E-state index is 0.201. The van der Waals surface area contributed by atoms with E-state index in [0.717, 1.165) is 34.8 Å². The molecule has 1 saturated carbocycles. The summed E-state index contributed by atoms with van der Waals surface area (Å²) in [6, 6.07) is 9.18. The van der Waals surface area contributed by atoms with Crippen molar-refractivity contribution in [3.05, 3.63) is 51.6 Å². The average Bonchev–Trinajstić information content (AvgIpc) is 2.81. The molecular weight excluding hydrogens is 418 g/mol. The Hall–Kier alpha value is -1.15. The lowest BCUT2D eigenvalue weighted by Gasteiger charge is -2.38. The second kappa shape index (κ2) is 10.8. The smallest absolute Gasteiger partial charge is 0.0708 e. The van der Waals surface area contributed by atoms with Gasteiger partial charge in [-0.05, 0) is 90.7 Å². The Balaban J connectivity index is 0.000000707. The zero-order chi connectivity index (χ0) is 21.6. The summed E-state index contributed by atoms with van der Waals surface area (Å²) < 4.78 is 1.14. The Labute approximate surface area is 187 Å². The molecule has 0 N–H and O–H groups in total. The van der Waals surface area contributed by atoms with Gasteiger partial charge in [-0.1, -0.05) is 70.5 Å². The molecule has 29 heavy (non-hydrogen) atoms. The summed E-state index contributed by atoms with van der Waals surface area (Å²) in [5, 5.41) is 0. The number of halogens is 1. The van der Waals surface area contributed by atoms with Crippen molar-refractivity contribution in [2.45, 2.75) is 104 Å². The second-order valence-corrected chi connectivity index (χ2v) is 9.12. The van der Waals surface area contributed by atoms with E-state index in [1.807, 2.05) is 27.7 Å². The predicted molar refractivity (Wildman–Crippen MR) is 132 cm³/mol. The molecule has 1 fully saturated rings. The number of hydrogen-bond acceptors (Lipinski definition) is 1. The summed E-state index contributed by atoms with van der Waals surface area (Å²) in [6.07, 6.45) is 9.96. The fourth-order valence-corrected chi connectivity index (χ4v) is 5.29. The van der Waals surface area contributed by atoms with Crippen molar-refractivity contribution in [3.8, 4) is 11.3 Å². The number of fused-ring (bicyclic) bond motifs is 2. The first-order valence-electron chi connectivity index (χ1n) is 11.9. The molecule has 5 rings (SSSR count). The first kappa shape index (κ1) is 24.1. The van der Waals surface area contributed by atoms with Crippen molar-refractivity contribution in [1.82, 2.24) is 4.98 Å². The van der Waals surface area contributed by atoms with Crippen LogP contribution in [0.25, 0.3) is 11.3 Å². The number of aromatic nitrogens is 1. The molecule has 1 aromatic carbocycles. The van der Waals surface area contributed by atoms with E-state index >= 15 is 0 Å². The molecule has 0 atom stereocenters. The lowest BCUT2D eigenvalue weighted by atomic mass is 9.67. The minimum absolute atomic E-state index is 0.201. The van der Waals surface area contributed by atoms with Gasteiger partial charge in [-0.3, -0.25) is 4.98 Å². The average molecular weight is 459 g/mol. The van der Waals surface area contributed by atoms with Crippen LogP contribution < -0.4 is 0 Å². The highest BCUT2D eigenvalue weighted by Gasteiger charge is 2.34. The van der Waals surface area contributed by atoms with Gasteiger partial charge in [0.05, 0.1) is 5.69 Å². The van der Waals surface area contributed by atoms with Gasteiger partial charge in [-0.15, -0.1) is 0 Å². The van der Waals surface area contributed by atoms with E-state index in [1.54, 1.807) is 5.56 Å². The summed E-state index contributed by atoms with van der Waals surface area (Å²) in [7, 11) is 0. The first-order chi connectivity index (χ1) is 14.1. The van der Waals surface area contributed by atoms with Crippen molar-refractivity contribution < 1.29 is 0 Å². The van der Waals surface area contributed by atoms with E-state index in [1.165, 1.54) is 42.4 Å². The number of hydrogen-bond donors (Lipinski definition) is 0. The van der Waals surface area contributed by atoms with Crippen LogP contribution >= 0.6 is 15.9 Å². The molecule has 2 aromatic rings. The zero-order valence-corrected chi connectivity index (χ0v) is 21.2. The van der Waals surface area contributed by atoms with Crippen molar-refractivity contribution in [2.75, 3.05) is 0 Å². The second-order valence-electron chi connectivity index (χ2n) is 8.20. The van der Waals surface area contributed by atoms with Gasteiger partial charge in [0, 0.05) is 16.2 Å². The third-order valence-electron chi connectivity index (χ3n) is 7.04. The van der Waals surface area contributed by atoms with Crippen LogP contribution in [0.5, 0.6) is 0 Å². The van der Waals surface area contributed by atoms with E-state index in [0.29, 0.717) is 0 Å². The Morgan fingerprint density at radius 3 is 2.00 bits per heavy atom. The lowest BCUT2D eigenvalue weighted by Crippen LogP contribution is -2.23. The molecule has 2 heteroatoms. The number of pyridine rings is 1. The third kappa shape index (κ3) is 4.79. The van der Waals surface area contributed by atoms with E-state index in [9.17, 15) is 0 Å². The fourth-order valence-electron chi connectivity index (χ4n) is 4.92. The Morgan fingerprint density at radius 1 is 0.897 bits per heavy atom. The van der Waals surface area contributed by atoms with Crippen molar-refractivity contribution >= 4 is 15.9 Å². The molecule has 0 spiro atoms. The maximum absolute atomic E-state index is 4.94. The van der Waals surface area contributed by atoms with Crippen LogP contribution in [0.1, 0.15) is 116 Å². The Bertz CT molecular complexity index is 783. The quantitative estimate of drug-likeness (QED) is 0.445. The Morgan fingerprint density at radius 2 is 1.45 bits per heavy atom. The lowest BCUT2D eigenvalue weighted by molar-refractivity contribution is 0.358. The maximum Gasteiger partial charge on any atom is 0.0708 e.